The second-order valence-electron chi connectivity index (χ2n) is 5.33. The summed E-state index contributed by atoms with van der Waals surface area (Å²) in [5.41, 5.74) is 0. The number of nitrogens with one attached hydrogen (secondary N) is 1. The molecule has 0 aliphatic heterocycles. The smallest absolute Gasteiger partial charge is 0.00234 e. The lowest BCUT2D eigenvalue weighted by atomic mass is 9.76. The van der Waals surface area contributed by atoms with E-state index in [1.807, 2.05) is 0 Å². The quantitative estimate of drug-likeness (QED) is 0.690. The Labute approximate surface area is 82.3 Å². The molecule has 2 aliphatic carbocycles. The first-order chi connectivity index (χ1) is 6.29. The second kappa shape index (κ2) is 4.00. The SMILES string of the molecule is CNCC1CCC2CC(C)CC2C1. The van der Waals surface area contributed by atoms with Crippen LogP contribution in [0.3, 0.4) is 0 Å². The molecule has 4 atom stereocenters. The first-order valence-electron chi connectivity index (χ1n) is 5.94. The van der Waals surface area contributed by atoms with E-state index in [1.54, 1.807) is 0 Å². The van der Waals surface area contributed by atoms with Crippen molar-refractivity contribution in [1.29, 1.82) is 0 Å². The second-order valence-corrected chi connectivity index (χ2v) is 5.33. The normalized spacial score (nSPS) is 44.8. The minimum absolute atomic E-state index is 0.983. The highest BCUT2D eigenvalue weighted by atomic mass is 14.8. The third-order valence-electron chi connectivity index (χ3n) is 4.15. The Morgan fingerprint density at radius 3 is 2.62 bits per heavy atom. The molecule has 2 saturated carbocycles. The first kappa shape index (κ1) is 9.51. The molecule has 2 fully saturated rings. The van der Waals surface area contributed by atoms with E-state index in [2.05, 4.69) is 19.3 Å². The molecule has 0 aromatic heterocycles. The number of rotatable bonds is 2. The van der Waals surface area contributed by atoms with Crippen molar-refractivity contribution < 1.29 is 0 Å². The van der Waals surface area contributed by atoms with Crippen molar-refractivity contribution >= 4 is 0 Å². The molecular weight excluding hydrogens is 158 g/mol. The van der Waals surface area contributed by atoms with Gasteiger partial charge in [0.2, 0.25) is 0 Å². The lowest BCUT2D eigenvalue weighted by Crippen LogP contribution is -2.27. The van der Waals surface area contributed by atoms with E-state index in [-0.39, 0.29) is 0 Å². The lowest BCUT2D eigenvalue weighted by molar-refractivity contribution is 0.207. The van der Waals surface area contributed by atoms with Crippen LogP contribution in [0, 0.1) is 23.7 Å². The van der Waals surface area contributed by atoms with Gasteiger partial charge in [-0.15, -0.1) is 0 Å². The van der Waals surface area contributed by atoms with E-state index in [1.165, 1.54) is 38.6 Å². The zero-order valence-corrected chi connectivity index (χ0v) is 9.05. The van der Waals surface area contributed by atoms with Crippen molar-refractivity contribution in [3.05, 3.63) is 0 Å². The van der Waals surface area contributed by atoms with E-state index in [0.29, 0.717) is 0 Å². The van der Waals surface area contributed by atoms with Crippen molar-refractivity contribution in [2.75, 3.05) is 13.6 Å². The molecule has 0 aromatic rings. The van der Waals surface area contributed by atoms with Crippen molar-refractivity contribution in [2.45, 2.75) is 39.0 Å². The summed E-state index contributed by atoms with van der Waals surface area (Å²) >= 11 is 0. The molecule has 0 saturated heterocycles. The lowest BCUT2D eigenvalue weighted by Gasteiger charge is -2.31. The Morgan fingerprint density at radius 2 is 1.85 bits per heavy atom. The predicted octanol–water partition coefficient (Wildman–Crippen LogP) is 2.67. The number of hydrogen-bond acceptors (Lipinski definition) is 1. The van der Waals surface area contributed by atoms with Crippen LogP contribution in [0.1, 0.15) is 39.0 Å². The van der Waals surface area contributed by atoms with E-state index in [9.17, 15) is 0 Å². The Kier molecular flexibility index (Phi) is 2.92. The maximum atomic E-state index is 3.33. The van der Waals surface area contributed by atoms with Crippen molar-refractivity contribution in [2.24, 2.45) is 23.7 Å². The van der Waals surface area contributed by atoms with Gasteiger partial charge in [-0.3, -0.25) is 0 Å². The van der Waals surface area contributed by atoms with Gasteiger partial charge >= 0.3 is 0 Å². The van der Waals surface area contributed by atoms with Gasteiger partial charge in [0, 0.05) is 0 Å². The van der Waals surface area contributed by atoms with Gasteiger partial charge in [0.1, 0.15) is 0 Å². The zero-order chi connectivity index (χ0) is 9.26. The molecule has 0 radical (unpaired) electrons. The van der Waals surface area contributed by atoms with Crippen LogP contribution in [0.5, 0.6) is 0 Å². The topological polar surface area (TPSA) is 12.0 Å². The highest BCUT2D eigenvalue weighted by molar-refractivity contribution is 4.87. The Bertz CT molecular complexity index is 167. The summed E-state index contributed by atoms with van der Waals surface area (Å²) in [7, 11) is 2.09. The molecule has 1 heteroatoms. The van der Waals surface area contributed by atoms with Gasteiger partial charge in [0.15, 0.2) is 0 Å². The first-order valence-corrected chi connectivity index (χ1v) is 5.94. The third kappa shape index (κ3) is 2.07. The molecule has 76 valence electrons. The Balaban J connectivity index is 1.86. The fourth-order valence-electron chi connectivity index (χ4n) is 3.63. The Hall–Kier alpha value is -0.0400. The number of hydrogen-bond donors (Lipinski definition) is 1. The predicted molar refractivity (Wildman–Crippen MR) is 56.6 cm³/mol. The molecular formula is C12H23N. The maximum absolute atomic E-state index is 3.33. The summed E-state index contributed by atoms with van der Waals surface area (Å²) in [6.45, 7) is 3.68. The van der Waals surface area contributed by atoms with Gasteiger partial charge in [0.05, 0.1) is 0 Å². The molecule has 0 aromatic carbocycles. The van der Waals surface area contributed by atoms with Crippen LogP contribution in [0.2, 0.25) is 0 Å². The summed E-state index contributed by atoms with van der Waals surface area (Å²) in [4.78, 5) is 0. The highest BCUT2D eigenvalue weighted by Gasteiger charge is 2.36. The maximum Gasteiger partial charge on any atom is -0.00234 e. The van der Waals surface area contributed by atoms with Gasteiger partial charge in [-0.2, -0.15) is 0 Å². The molecule has 13 heavy (non-hydrogen) atoms. The average Bonchev–Trinajstić information content (AvgIpc) is 2.44. The molecule has 0 heterocycles. The van der Waals surface area contributed by atoms with E-state index < -0.39 is 0 Å². The minimum Gasteiger partial charge on any atom is -0.319 e. The molecule has 2 aliphatic rings. The standard InChI is InChI=1S/C12H23N/c1-9-5-11-4-3-10(8-13-2)7-12(11)6-9/h9-13H,3-8H2,1-2H3. The van der Waals surface area contributed by atoms with Crippen molar-refractivity contribution in [3.8, 4) is 0 Å². The van der Waals surface area contributed by atoms with Crippen LogP contribution in [0.15, 0.2) is 0 Å². The summed E-state index contributed by atoms with van der Waals surface area (Å²) in [5.74, 6) is 4.19. The van der Waals surface area contributed by atoms with Gasteiger partial charge < -0.3 is 5.32 Å². The Morgan fingerprint density at radius 1 is 1.08 bits per heavy atom. The van der Waals surface area contributed by atoms with Crippen molar-refractivity contribution in [3.63, 3.8) is 0 Å². The van der Waals surface area contributed by atoms with E-state index in [4.69, 9.17) is 0 Å². The van der Waals surface area contributed by atoms with Crippen LogP contribution in [0.25, 0.3) is 0 Å². The summed E-state index contributed by atoms with van der Waals surface area (Å²) in [5, 5.41) is 3.33. The fourth-order valence-corrected chi connectivity index (χ4v) is 3.63. The minimum atomic E-state index is 0.983. The zero-order valence-electron chi connectivity index (χ0n) is 9.05. The molecule has 0 bridgehead atoms. The molecule has 4 unspecified atom stereocenters. The molecule has 1 N–H and O–H groups in total. The van der Waals surface area contributed by atoms with E-state index >= 15 is 0 Å². The van der Waals surface area contributed by atoms with Gasteiger partial charge in [-0.05, 0) is 69.4 Å². The van der Waals surface area contributed by atoms with Crippen LogP contribution < -0.4 is 5.32 Å². The van der Waals surface area contributed by atoms with Crippen LogP contribution in [-0.4, -0.2) is 13.6 Å². The average molecular weight is 181 g/mol. The molecule has 0 spiro atoms. The van der Waals surface area contributed by atoms with Gasteiger partial charge in [-0.1, -0.05) is 6.92 Å². The van der Waals surface area contributed by atoms with Crippen LogP contribution in [0.4, 0.5) is 0 Å². The summed E-state index contributed by atoms with van der Waals surface area (Å²) in [6.07, 6.45) is 7.55. The molecule has 2 rings (SSSR count). The fraction of sp³-hybridized carbons (Fsp3) is 1.00. The molecule has 1 nitrogen and oxygen atoms in total. The summed E-state index contributed by atoms with van der Waals surface area (Å²) < 4.78 is 0. The highest BCUT2D eigenvalue weighted by Crippen LogP contribution is 2.46. The molecule has 0 amide bonds. The van der Waals surface area contributed by atoms with Crippen molar-refractivity contribution in [1.82, 2.24) is 5.32 Å². The largest absolute Gasteiger partial charge is 0.319 e. The number of fused-ring (bicyclic) bond motifs is 1. The van der Waals surface area contributed by atoms with Crippen LogP contribution in [-0.2, 0) is 0 Å². The third-order valence-corrected chi connectivity index (χ3v) is 4.15. The van der Waals surface area contributed by atoms with Crippen LogP contribution >= 0.6 is 0 Å². The summed E-state index contributed by atoms with van der Waals surface area (Å²) in [6, 6.07) is 0. The van der Waals surface area contributed by atoms with Gasteiger partial charge in [-0.25, -0.2) is 0 Å². The monoisotopic (exact) mass is 181 g/mol. The van der Waals surface area contributed by atoms with E-state index in [0.717, 1.165) is 23.7 Å². The van der Waals surface area contributed by atoms with Gasteiger partial charge in [0.25, 0.3) is 0 Å².